The summed E-state index contributed by atoms with van der Waals surface area (Å²) >= 11 is 4.61. The van der Waals surface area contributed by atoms with E-state index in [0.29, 0.717) is 23.2 Å². The first-order chi connectivity index (χ1) is 9.10. The van der Waals surface area contributed by atoms with E-state index in [1.807, 2.05) is 35.2 Å². The molecule has 96 valence electrons. The zero-order valence-corrected chi connectivity index (χ0v) is 12.1. The Morgan fingerprint density at radius 2 is 2.00 bits per heavy atom. The van der Waals surface area contributed by atoms with Gasteiger partial charge in [-0.25, -0.2) is 0 Å². The third-order valence-electron chi connectivity index (χ3n) is 3.07. The highest BCUT2D eigenvalue weighted by Crippen LogP contribution is 2.36. The van der Waals surface area contributed by atoms with E-state index in [1.165, 1.54) is 11.3 Å². The van der Waals surface area contributed by atoms with Gasteiger partial charge in [-0.05, 0) is 17.7 Å². The molecule has 1 aromatic heterocycles. The monoisotopic (exact) mass is 336 g/mol. The summed E-state index contributed by atoms with van der Waals surface area (Å²) in [5, 5.41) is 27.9. The molecule has 7 heteroatoms. The number of halogens is 1. The molecule has 1 aromatic carbocycles. The molecule has 5 nitrogen and oxygen atoms in total. The van der Waals surface area contributed by atoms with Crippen molar-refractivity contribution >= 4 is 32.4 Å². The van der Waals surface area contributed by atoms with Gasteiger partial charge in [-0.3, -0.25) is 0 Å². The second kappa shape index (κ2) is 4.56. The van der Waals surface area contributed by atoms with Crippen molar-refractivity contribution in [2.75, 3.05) is 18.0 Å². The maximum atomic E-state index is 10.5. The molecule has 19 heavy (non-hydrogen) atoms. The number of aliphatic hydroxyl groups is 1. The van der Waals surface area contributed by atoms with E-state index in [1.54, 1.807) is 0 Å². The minimum atomic E-state index is -0.848. The van der Waals surface area contributed by atoms with Crippen molar-refractivity contribution in [1.82, 2.24) is 10.2 Å². The van der Waals surface area contributed by atoms with Gasteiger partial charge in [0, 0.05) is 4.47 Å². The fourth-order valence-electron chi connectivity index (χ4n) is 2.05. The summed E-state index contributed by atoms with van der Waals surface area (Å²) in [6.07, 6.45) is 0. The second-order valence-electron chi connectivity index (χ2n) is 4.40. The van der Waals surface area contributed by atoms with Gasteiger partial charge in [-0.1, -0.05) is 39.4 Å². The Bertz CT molecular complexity index is 642. The van der Waals surface area contributed by atoms with E-state index < -0.39 is 5.60 Å². The van der Waals surface area contributed by atoms with Crippen LogP contribution < -0.4 is 4.90 Å². The highest BCUT2D eigenvalue weighted by atomic mass is 79.9. The van der Waals surface area contributed by atoms with Gasteiger partial charge in [-0.2, -0.15) is 5.26 Å². The fraction of sp³-hybridized carbons (Fsp3) is 0.250. The summed E-state index contributed by atoms with van der Waals surface area (Å²) in [6, 6.07) is 9.59. The smallest absolute Gasteiger partial charge is 0.219 e. The number of anilines is 1. The van der Waals surface area contributed by atoms with Crippen LogP contribution in [-0.4, -0.2) is 28.4 Å². The zero-order chi connectivity index (χ0) is 13.5. The Balaban J connectivity index is 1.74. The predicted molar refractivity (Wildman–Crippen MR) is 74.9 cm³/mol. The first kappa shape index (κ1) is 12.5. The van der Waals surface area contributed by atoms with Crippen molar-refractivity contribution in [3.8, 4) is 6.07 Å². The zero-order valence-electron chi connectivity index (χ0n) is 9.75. The fourth-order valence-corrected chi connectivity index (χ4v) is 2.96. The van der Waals surface area contributed by atoms with Crippen LogP contribution in [0.4, 0.5) is 5.13 Å². The molecule has 3 rings (SSSR count). The Morgan fingerprint density at radius 1 is 1.32 bits per heavy atom. The average molecular weight is 337 g/mol. The lowest BCUT2D eigenvalue weighted by Gasteiger charge is -2.46. The quantitative estimate of drug-likeness (QED) is 0.906. The molecule has 1 N–H and O–H groups in total. The third-order valence-corrected chi connectivity index (χ3v) is 4.48. The molecule has 0 atom stereocenters. The molecule has 0 aliphatic carbocycles. The van der Waals surface area contributed by atoms with E-state index in [2.05, 4.69) is 26.1 Å². The van der Waals surface area contributed by atoms with Gasteiger partial charge in [0.1, 0.15) is 11.7 Å². The normalized spacial score (nSPS) is 16.8. The van der Waals surface area contributed by atoms with Crippen LogP contribution in [0.5, 0.6) is 0 Å². The molecule has 1 saturated heterocycles. The highest BCUT2D eigenvalue weighted by Gasteiger charge is 2.44. The molecule has 1 fully saturated rings. The lowest BCUT2D eigenvalue weighted by Crippen LogP contribution is -2.59. The topological polar surface area (TPSA) is 73.0 Å². The van der Waals surface area contributed by atoms with Crippen LogP contribution in [0.3, 0.4) is 0 Å². The van der Waals surface area contributed by atoms with Crippen LogP contribution >= 0.6 is 27.3 Å². The van der Waals surface area contributed by atoms with E-state index in [4.69, 9.17) is 5.26 Å². The number of hydrogen-bond acceptors (Lipinski definition) is 6. The van der Waals surface area contributed by atoms with Crippen LogP contribution in [0.15, 0.2) is 28.7 Å². The number of rotatable bonds is 2. The SMILES string of the molecule is N#Cc1nnc(N2CC(O)(c3ccc(Br)cc3)C2)s1. The second-order valence-corrected chi connectivity index (χ2v) is 6.27. The number of β-amino-alcohol motifs (C(OH)–C–C–N with tert-alkyl or cyclic N) is 1. The summed E-state index contributed by atoms with van der Waals surface area (Å²) in [4.78, 5) is 1.92. The highest BCUT2D eigenvalue weighted by molar-refractivity contribution is 9.10. The van der Waals surface area contributed by atoms with E-state index in [0.717, 1.165) is 10.0 Å². The van der Waals surface area contributed by atoms with Crippen molar-refractivity contribution in [2.45, 2.75) is 5.60 Å². The van der Waals surface area contributed by atoms with Crippen LogP contribution in [-0.2, 0) is 5.60 Å². The molecular weight excluding hydrogens is 328 g/mol. The number of aromatic nitrogens is 2. The Hall–Kier alpha value is -1.49. The maximum Gasteiger partial charge on any atom is 0.219 e. The van der Waals surface area contributed by atoms with Gasteiger partial charge in [0.05, 0.1) is 13.1 Å². The first-order valence-corrected chi connectivity index (χ1v) is 7.19. The van der Waals surface area contributed by atoms with E-state index in [9.17, 15) is 5.11 Å². The largest absolute Gasteiger partial charge is 0.381 e. The Kier molecular flexibility index (Phi) is 3.01. The molecule has 1 aliphatic rings. The summed E-state index contributed by atoms with van der Waals surface area (Å²) in [5.41, 5.74) is 0.0380. The predicted octanol–water partition coefficient (Wildman–Crippen LogP) is 1.88. The standard InChI is InChI=1S/C12H9BrN4OS/c13-9-3-1-8(2-4-9)12(18)6-17(7-12)11-16-15-10(5-14)19-11/h1-4,18H,6-7H2. The molecular formula is C12H9BrN4OS. The van der Waals surface area contributed by atoms with Gasteiger partial charge >= 0.3 is 0 Å². The van der Waals surface area contributed by atoms with Gasteiger partial charge in [0.15, 0.2) is 0 Å². The van der Waals surface area contributed by atoms with Crippen molar-refractivity contribution in [3.63, 3.8) is 0 Å². The molecule has 0 bridgehead atoms. The first-order valence-electron chi connectivity index (χ1n) is 5.58. The van der Waals surface area contributed by atoms with E-state index in [-0.39, 0.29) is 0 Å². The third kappa shape index (κ3) is 2.23. The minimum Gasteiger partial charge on any atom is -0.381 e. The minimum absolute atomic E-state index is 0.342. The molecule has 0 amide bonds. The Morgan fingerprint density at radius 3 is 2.58 bits per heavy atom. The molecule has 0 saturated carbocycles. The number of benzene rings is 1. The molecule has 2 heterocycles. The van der Waals surface area contributed by atoms with Gasteiger partial charge < -0.3 is 10.0 Å². The average Bonchev–Trinajstić information content (AvgIpc) is 2.84. The van der Waals surface area contributed by atoms with Crippen molar-refractivity contribution < 1.29 is 5.11 Å². The summed E-state index contributed by atoms with van der Waals surface area (Å²) in [6.45, 7) is 0.934. The van der Waals surface area contributed by atoms with Gasteiger partial charge in [0.25, 0.3) is 0 Å². The van der Waals surface area contributed by atoms with Crippen molar-refractivity contribution in [1.29, 1.82) is 5.26 Å². The van der Waals surface area contributed by atoms with Crippen LogP contribution in [0.2, 0.25) is 0 Å². The molecule has 0 spiro atoms. The number of nitriles is 1. The van der Waals surface area contributed by atoms with Crippen LogP contribution in [0, 0.1) is 11.3 Å². The lowest BCUT2D eigenvalue weighted by atomic mass is 9.87. The Labute approximate surface area is 122 Å². The lowest BCUT2D eigenvalue weighted by molar-refractivity contribution is 0.00744. The number of nitrogens with zero attached hydrogens (tertiary/aromatic N) is 4. The molecule has 0 radical (unpaired) electrons. The molecule has 2 aromatic rings. The van der Waals surface area contributed by atoms with E-state index >= 15 is 0 Å². The van der Waals surface area contributed by atoms with Gasteiger partial charge in [-0.15, -0.1) is 10.2 Å². The van der Waals surface area contributed by atoms with Crippen molar-refractivity contribution in [2.24, 2.45) is 0 Å². The summed E-state index contributed by atoms with van der Waals surface area (Å²) in [5.74, 6) is 0. The van der Waals surface area contributed by atoms with Gasteiger partial charge in [0.2, 0.25) is 10.1 Å². The van der Waals surface area contributed by atoms with Crippen molar-refractivity contribution in [3.05, 3.63) is 39.3 Å². The molecule has 0 unspecified atom stereocenters. The summed E-state index contributed by atoms with van der Waals surface area (Å²) in [7, 11) is 0. The van der Waals surface area contributed by atoms with Crippen LogP contribution in [0.25, 0.3) is 0 Å². The maximum absolute atomic E-state index is 10.5. The van der Waals surface area contributed by atoms with Crippen LogP contribution in [0.1, 0.15) is 10.6 Å². The molecule has 1 aliphatic heterocycles. The number of hydrogen-bond donors (Lipinski definition) is 1. The summed E-state index contributed by atoms with van der Waals surface area (Å²) < 4.78 is 0.985.